The summed E-state index contributed by atoms with van der Waals surface area (Å²) in [6.07, 6.45) is 1.89. The van der Waals surface area contributed by atoms with E-state index in [1.807, 2.05) is 0 Å². The third-order valence-corrected chi connectivity index (χ3v) is 2.79. The Morgan fingerprint density at radius 3 is 2.44 bits per heavy atom. The first kappa shape index (κ1) is 5.96. The van der Waals surface area contributed by atoms with Crippen molar-refractivity contribution in [3.63, 3.8) is 0 Å². The molecule has 2 saturated heterocycles. The molecule has 3 aliphatic rings. The van der Waals surface area contributed by atoms with Gasteiger partial charge in [0.15, 0.2) is 0 Å². The SMILES string of the molecule is OCC12CC(Cl)(CN1)C2. The van der Waals surface area contributed by atoms with Crippen molar-refractivity contribution in [2.75, 3.05) is 13.2 Å². The molecular formula is C6H10ClNO. The fourth-order valence-electron chi connectivity index (χ4n) is 1.92. The molecule has 0 amide bonds. The van der Waals surface area contributed by atoms with Crippen molar-refractivity contribution in [1.82, 2.24) is 5.32 Å². The highest BCUT2D eigenvalue weighted by Crippen LogP contribution is 2.51. The molecule has 3 fully saturated rings. The Morgan fingerprint density at radius 2 is 2.22 bits per heavy atom. The van der Waals surface area contributed by atoms with Crippen LogP contribution in [0.25, 0.3) is 0 Å². The predicted octanol–water partition coefficient (Wildman–Crippen LogP) is 0.0921. The lowest BCUT2D eigenvalue weighted by Gasteiger charge is -2.40. The molecule has 2 nitrogen and oxygen atoms in total. The molecule has 2 aliphatic heterocycles. The average Bonchev–Trinajstić information content (AvgIpc) is 2.20. The Balaban J connectivity index is 2.12. The summed E-state index contributed by atoms with van der Waals surface area (Å²) in [5.74, 6) is 0. The quantitative estimate of drug-likeness (QED) is 0.516. The van der Waals surface area contributed by atoms with Crippen LogP contribution in [0.3, 0.4) is 0 Å². The van der Waals surface area contributed by atoms with E-state index in [2.05, 4.69) is 5.32 Å². The second kappa shape index (κ2) is 1.44. The molecule has 3 heteroatoms. The van der Waals surface area contributed by atoms with Gasteiger partial charge in [-0.25, -0.2) is 0 Å². The number of halogens is 1. The van der Waals surface area contributed by atoms with Crippen molar-refractivity contribution in [1.29, 1.82) is 0 Å². The second-order valence-corrected chi connectivity index (χ2v) is 4.10. The average molecular weight is 148 g/mol. The molecule has 1 saturated carbocycles. The van der Waals surface area contributed by atoms with Crippen LogP contribution in [0.5, 0.6) is 0 Å². The topological polar surface area (TPSA) is 32.3 Å². The maximum Gasteiger partial charge on any atom is 0.0614 e. The first-order chi connectivity index (χ1) is 4.18. The highest BCUT2D eigenvalue weighted by atomic mass is 35.5. The maximum atomic E-state index is 8.86. The van der Waals surface area contributed by atoms with E-state index in [0.717, 1.165) is 19.4 Å². The molecular weight excluding hydrogens is 138 g/mol. The van der Waals surface area contributed by atoms with E-state index in [1.165, 1.54) is 0 Å². The molecule has 0 atom stereocenters. The molecule has 0 radical (unpaired) electrons. The number of fused-ring (bicyclic) bond motifs is 1. The van der Waals surface area contributed by atoms with Gasteiger partial charge >= 0.3 is 0 Å². The van der Waals surface area contributed by atoms with Crippen LogP contribution < -0.4 is 5.32 Å². The summed E-state index contributed by atoms with van der Waals surface area (Å²) in [7, 11) is 0. The molecule has 0 aromatic carbocycles. The molecule has 2 heterocycles. The van der Waals surface area contributed by atoms with E-state index in [9.17, 15) is 0 Å². The predicted molar refractivity (Wildman–Crippen MR) is 35.6 cm³/mol. The lowest BCUT2D eigenvalue weighted by molar-refractivity contribution is 0.125. The summed E-state index contributed by atoms with van der Waals surface area (Å²) in [6.45, 7) is 1.11. The van der Waals surface area contributed by atoms with Crippen LogP contribution in [0.15, 0.2) is 0 Å². The Labute approximate surface area is 59.2 Å². The number of aliphatic hydroxyl groups excluding tert-OH is 1. The summed E-state index contributed by atoms with van der Waals surface area (Å²) >= 11 is 6.03. The molecule has 2 N–H and O–H groups in total. The van der Waals surface area contributed by atoms with Crippen LogP contribution >= 0.6 is 11.6 Å². The minimum absolute atomic E-state index is 0.00271. The molecule has 0 aromatic heterocycles. The van der Waals surface area contributed by atoms with Crippen LogP contribution in [0.2, 0.25) is 0 Å². The summed E-state index contributed by atoms with van der Waals surface area (Å²) in [5, 5.41) is 12.1. The van der Waals surface area contributed by atoms with Crippen molar-refractivity contribution in [2.45, 2.75) is 23.3 Å². The molecule has 0 unspecified atom stereocenters. The summed E-state index contributed by atoms with van der Waals surface area (Å²) in [5.41, 5.74) is 0.0156. The lowest BCUT2D eigenvalue weighted by Crippen LogP contribution is -2.51. The fourth-order valence-corrected chi connectivity index (χ4v) is 2.50. The molecule has 0 spiro atoms. The highest BCUT2D eigenvalue weighted by molar-refractivity contribution is 6.25. The first-order valence-corrected chi connectivity index (χ1v) is 3.61. The van der Waals surface area contributed by atoms with E-state index in [1.54, 1.807) is 0 Å². The van der Waals surface area contributed by atoms with E-state index in [4.69, 9.17) is 16.7 Å². The smallest absolute Gasteiger partial charge is 0.0614 e. The molecule has 1 aliphatic carbocycles. The third-order valence-electron chi connectivity index (χ3n) is 2.39. The van der Waals surface area contributed by atoms with Crippen molar-refractivity contribution in [2.24, 2.45) is 0 Å². The van der Waals surface area contributed by atoms with Gasteiger partial charge in [-0.2, -0.15) is 0 Å². The summed E-state index contributed by atoms with van der Waals surface area (Å²) < 4.78 is 0. The van der Waals surface area contributed by atoms with Crippen LogP contribution in [-0.2, 0) is 0 Å². The Kier molecular flexibility index (Phi) is 0.953. The normalized spacial score (nSPS) is 55.3. The zero-order chi connectivity index (χ0) is 6.54. The van der Waals surface area contributed by atoms with Gasteiger partial charge < -0.3 is 10.4 Å². The standard InChI is InChI=1S/C6H10ClNO/c7-5-1-6(2-5,4-9)8-3-5/h8-9H,1-4H2. The molecule has 0 aromatic rings. The van der Waals surface area contributed by atoms with Gasteiger partial charge in [-0.3, -0.25) is 0 Å². The van der Waals surface area contributed by atoms with Gasteiger partial charge in [-0.15, -0.1) is 11.6 Å². The van der Waals surface area contributed by atoms with Gasteiger partial charge in [0.25, 0.3) is 0 Å². The number of aliphatic hydroxyl groups is 1. The van der Waals surface area contributed by atoms with Gasteiger partial charge in [0.05, 0.1) is 11.5 Å². The molecule has 9 heavy (non-hydrogen) atoms. The Bertz CT molecular complexity index is 142. The van der Waals surface area contributed by atoms with Gasteiger partial charge in [0.1, 0.15) is 0 Å². The molecule has 52 valence electrons. The van der Waals surface area contributed by atoms with Gasteiger partial charge in [-0.1, -0.05) is 0 Å². The highest BCUT2D eigenvalue weighted by Gasteiger charge is 2.59. The number of nitrogens with one attached hydrogen (secondary N) is 1. The lowest BCUT2D eigenvalue weighted by atomic mass is 9.73. The van der Waals surface area contributed by atoms with Gasteiger partial charge in [0.2, 0.25) is 0 Å². The zero-order valence-electron chi connectivity index (χ0n) is 5.15. The fraction of sp³-hybridized carbons (Fsp3) is 1.00. The summed E-state index contributed by atoms with van der Waals surface area (Å²) in [4.78, 5) is 0.00271. The van der Waals surface area contributed by atoms with Crippen LogP contribution in [0.4, 0.5) is 0 Å². The van der Waals surface area contributed by atoms with E-state index in [-0.39, 0.29) is 17.0 Å². The van der Waals surface area contributed by atoms with Crippen molar-refractivity contribution >= 4 is 11.6 Å². The number of hydrogen-bond donors (Lipinski definition) is 2. The van der Waals surface area contributed by atoms with Crippen molar-refractivity contribution in [3.05, 3.63) is 0 Å². The minimum Gasteiger partial charge on any atom is -0.394 e. The van der Waals surface area contributed by atoms with Crippen molar-refractivity contribution in [3.8, 4) is 0 Å². The van der Waals surface area contributed by atoms with Crippen LogP contribution in [-0.4, -0.2) is 28.7 Å². The number of rotatable bonds is 1. The largest absolute Gasteiger partial charge is 0.394 e. The number of hydrogen-bond acceptors (Lipinski definition) is 2. The van der Waals surface area contributed by atoms with Gasteiger partial charge in [0, 0.05) is 12.1 Å². The van der Waals surface area contributed by atoms with Crippen molar-refractivity contribution < 1.29 is 5.11 Å². The molecule has 3 rings (SSSR count). The minimum atomic E-state index is 0.00271. The third kappa shape index (κ3) is 0.642. The monoisotopic (exact) mass is 147 g/mol. The van der Waals surface area contributed by atoms with Gasteiger partial charge in [-0.05, 0) is 12.8 Å². The van der Waals surface area contributed by atoms with E-state index < -0.39 is 0 Å². The Hall–Kier alpha value is 0.210. The van der Waals surface area contributed by atoms with Crippen LogP contribution in [0, 0.1) is 0 Å². The number of alkyl halides is 1. The maximum absolute atomic E-state index is 8.86. The zero-order valence-corrected chi connectivity index (χ0v) is 5.91. The van der Waals surface area contributed by atoms with E-state index in [0.29, 0.717) is 0 Å². The molecule has 2 bridgehead atoms. The van der Waals surface area contributed by atoms with E-state index >= 15 is 0 Å². The second-order valence-electron chi connectivity index (χ2n) is 3.30. The first-order valence-electron chi connectivity index (χ1n) is 3.23. The summed E-state index contributed by atoms with van der Waals surface area (Å²) in [6, 6.07) is 0. The van der Waals surface area contributed by atoms with Crippen LogP contribution in [0.1, 0.15) is 12.8 Å². The Morgan fingerprint density at radius 1 is 1.56 bits per heavy atom.